The molecule has 3 heterocycles. The van der Waals surface area contributed by atoms with E-state index >= 15 is 0 Å². The highest BCUT2D eigenvalue weighted by Gasteiger charge is 2.37. The quantitative estimate of drug-likeness (QED) is 0.387. The topological polar surface area (TPSA) is 36.4 Å². The van der Waals surface area contributed by atoms with Crippen LogP contribution in [0.3, 0.4) is 0 Å². The lowest BCUT2D eigenvalue weighted by atomic mass is 9.76. The second-order valence-corrected chi connectivity index (χ2v) is 13.4. The molecule has 36 heavy (non-hydrogen) atoms. The summed E-state index contributed by atoms with van der Waals surface area (Å²) < 4.78 is 2.28. The maximum absolute atomic E-state index is 13.2. The molecule has 2 saturated heterocycles. The molecule has 3 fully saturated rings. The summed E-state index contributed by atoms with van der Waals surface area (Å²) in [4.78, 5) is 23.1. The van der Waals surface area contributed by atoms with E-state index in [1.807, 2.05) is 6.20 Å². The van der Waals surface area contributed by atoms with Gasteiger partial charge in [-0.15, -0.1) is 0 Å². The van der Waals surface area contributed by atoms with Gasteiger partial charge in [0.25, 0.3) is 0 Å². The highest BCUT2D eigenvalue weighted by molar-refractivity contribution is 9.10. The van der Waals surface area contributed by atoms with Crippen molar-refractivity contribution in [2.24, 2.45) is 11.8 Å². The molecule has 192 valence electrons. The number of aromatic nitrogens is 1. The average Bonchev–Trinajstić information content (AvgIpc) is 3.72. The third kappa shape index (κ3) is 5.19. The molecule has 0 radical (unpaired) electrons. The molecule has 6 heteroatoms. The van der Waals surface area contributed by atoms with Gasteiger partial charge in [0, 0.05) is 46.6 Å². The van der Waals surface area contributed by atoms with E-state index in [4.69, 9.17) is 4.98 Å². The number of likely N-dealkylation sites (tertiary alicyclic amines) is 2. The van der Waals surface area contributed by atoms with Crippen LogP contribution in [-0.2, 0) is 17.6 Å². The first-order valence-electron chi connectivity index (χ1n) is 13.9. The van der Waals surface area contributed by atoms with E-state index in [9.17, 15) is 4.79 Å². The zero-order chi connectivity index (χ0) is 24.8. The van der Waals surface area contributed by atoms with Crippen molar-refractivity contribution >= 4 is 37.8 Å². The summed E-state index contributed by atoms with van der Waals surface area (Å²) in [5.74, 6) is 1.75. The number of fused-ring (bicyclic) bond motifs is 2. The van der Waals surface area contributed by atoms with Gasteiger partial charge >= 0.3 is 0 Å². The first kappa shape index (κ1) is 25.1. The fraction of sp³-hybridized carbons (Fsp3) is 0.600. The Labute approximate surface area is 232 Å². The van der Waals surface area contributed by atoms with Crippen molar-refractivity contribution in [1.82, 2.24) is 14.8 Å². The van der Waals surface area contributed by atoms with E-state index in [0.717, 1.165) is 55.7 Å². The minimum absolute atomic E-state index is 0.282. The molecule has 0 bridgehead atoms. The highest BCUT2D eigenvalue weighted by atomic mass is 79.9. The number of hydrogen-bond donors (Lipinski definition) is 0. The Morgan fingerprint density at radius 1 is 0.944 bits per heavy atom. The number of rotatable bonds is 4. The Bertz CT molecular complexity index is 1130. The van der Waals surface area contributed by atoms with Crippen molar-refractivity contribution in [1.29, 1.82) is 0 Å². The van der Waals surface area contributed by atoms with Crippen LogP contribution in [-0.4, -0.2) is 52.9 Å². The number of carbonyl (C=O) groups excluding carboxylic acids is 1. The van der Waals surface area contributed by atoms with Gasteiger partial charge < -0.3 is 9.80 Å². The fourth-order valence-electron chi connectivity index (χ4n) is 7.04. The standard InChI is InChI=1S/C30H37Br2N3O/c1-19-14-22-2-3-23-17-24(31)18-33-30(23)29(28(22)26(32)15-19)21-8-12-35(13-9-21)27(36)16-20-6-10-34(11-7-20)25-4-5-25/h14-15,17-18,20-21,25,29H,2-13,16H2,1H3. The van der Waals surface area contributed by atoms with E-state index in [0.29, 0.717) is 17.7 Å². The van der Waals surface area contributed by atoms with Crippen LogP contribution < -0.4 is 0 Å². The number of benzene rings is 1. The second kappa shape index (κ2) is 10.5. The van der Waals surface area contributed by atoms with Gasteiger partial charge in [-0.05, 0) is 134 Å². The number of nitrogens with zero attached hydrogens (tertiary/aromatic N) is 3. The molecule has 0 N–H and O–H groups in total. The molecule has 0 spiro atoms. The van der Waals surface area contributed by atoms with E-state index in [-0.39, 0.29) is 5.92 Å². The normalized spacial score (nSPS) is 23.8. The summed E-state index contributed by atoms with van der Waals surface area (Å²) in [7, 11) is 0. The van der Waals surface area contributed by atoms with Gasteiger partial charge in [0.05, 0.1) is 5.69 Å². The Morgan fingerprint density at radius 3 is 2.39 bits per heavy atom. The minimum Gasteiger partial charge on any atom is -0.343 e. The Hall–Kier alpha value is -1.24. The largest absolute Gasteiger partial charge is 0.343 e. The number of halogens is 2. The summed E-state index contributed by atoms with van der Waals surface area (Å²) in [6.45, 7) is 6.34. The van der Waals surface area contributed by atoms with E-state index in [1.54, 1.807) is 0 Å². The number of carbonyl (C=O) groups is 1. The molecular weight excluding hydrogens is 578 g/mol. The Morgan fingerprint density at radius 2 is 1.67 bits per heavy atom. The van der Waals surface area contributed by atoms with Crippen LogP contribution >= 0.6 is 31.9 Å². The molecule has 1 unspecified atom stereocenters. The van der Waals surface area contributed by atoms with Gasteiger partial charge in [0.2, 0.25) is 5.91 Å². The molecule has 6 rings (SSSR count). The maximum atomic E-state index is 13.2. The van der Waals surface area contributed by atoms with Crippen LogP contribution in [0.4, 0.5) is 0 Å². The van der Waals surface area contributed by atoms with Crippen molar-refractivity contribution in [3.8, 4) is 0 Å². The van der Waals surface area contributed by atoms with Gasteiger partial charge in [-0.3, -0.25) is 9.78 Å². The van der Waals surface area contributed by atoms with Crippen LogP contribution in [0.2, 0.25) is 0 Å². The predicted molar refractivity (Wildman–Crippen MR) is 151 cm³/mol. The number of hydrogen-bond acceptors (Lipinski definition) is 3. The number of aryl methyl sites for hydroxylation is 3. The molecule has 4 nitrogen and oxygen atoms in total. The van der Waals surface area contributed by atoms with E-state index in [2.05, 4.69) is 66.8 Å². The minimum atomic E-state index is 0.282. The molecule has 1 aromatic carbocycles. The molecule has 2 aliphatic carbocycles. The van der Waals surface area contributed by atoms with Crippen molar-refractivity contribution in [3.05, 3.63) is 61.3 Å². The average molecular weight is 615 g/mol. The molecule has 1 saturated carbocycles. The lowest BCUT2D eigenvalue weighted by Gasteiger charge is -2.38. The van der Waals surface area contributed by atoms with Gasteiger partial charge in [-0.1, -0.05) is 22.0 Å². The van der Waals surface area contributed by atoms with E-state index in [1.165, 1.54) is 71.2 Å². The number of pyridine rings is 1. The van der Waals surface area contributed by atoms with Crippen LogP contribution in [0.15, 0.2) is 33.3 Å². The number of piperidine rings is 2. The zero-order valence-corrected chi connectivity index (χ0v) is 24.5. The predicted octanol–water partition coefficient (Wildman–Crippen LogP) is 6.65. The first-order valence-corrected chi connectivity index (χ1v) is 15.5. The highest BCUT2D eigenvalue weighted by Crippen LogP contribution is 2.46. The van der Waals surface area contributed by atoms with Crippen LogP contribution in [0, 0.1) is 18.8 Å². The van der Waals surface area contributed by atoms with Gasteiger partial charge in [0.15, 0.2) is 0 Å². The molecule has 1 aromatic heterocycles. The van der Waals surface area contributed by atoms with Gasteiger partial charge in [-0.2, -0.15) is 0 Å². The molecule has 4 aliphatic rings. The SMILES string of the molecule is Cc1cc(Br)c2c(c1)CCc1cc(Br)cnc1C2C1CCN(C(=O)CC2CCN(C3CC3)CC2)CC1. The second-order valence-electron chi connectivity index (χ2n) is 11.6. The van der Waals surface area contributed by atoms with Crippen molar-refractivity contribution < 1.29 is 4.79 Å². The van der Waals surface area contributed by atoms with Crippen LogP contribution in [0.5, 0.6) is 0 Å². The lowest BCUT2D eigenvalue weighted by Crippen LogP contribution is -2.42. The van der Waals surface area contributed by atoms with Crippen molar-refractivity contribution in [3.63, 3.8) is 0 Å². The Kier molecular flexibility index (Phi) is 7.30. The van der Waals surface area contributed by atoms with E-state index < -0.39 is 0 Å². The third-order valence-electron chi connectivity index (χ3n) is 9.14. The molecule has 2 aromatic rings. The number of amides is 1. The molecule has 2 aliphatic heterocycles. The van der Waals surface area contributed by atoms with Crippen LogP contribution in [0.25, 0.3) is 0 Å². The maximum Gasteiger partial charge on any atom is 0.222 e. The van der Waals surface area contributed by atoms with Crippen LogP contribution in [0.1, 0.15) is 78.8 Å². The summed E-state index contributed by atoms with van der Waals surface area (Å²) in [6, 6.07) is 7.78. The van der Waals surface area contributed by atoms with Crippen molar-refractivity contribution in [2.75, 3.05) is 26.2 Å². The fourth-order valence-corrected chi connectivity index (χ4v) is 8.28. The lowest BCUT2D eigenvalue weighted by molar-refractivity contribution is -0.134. The molecule has 1 amide bonds. The van der Waals surface area contributed by atoms with Gasteiger partial charge in [-0.25, -0.2) is 0 Å². The zero-order valence-electron chi connectivity index (χ0n) is 21.3. The summed E-state index contributed by atoms with van der Waals surface area (Å²) in [5, 5.41) is 0. The summed E-state index contributed by atoms with van der Waals surface area (Å²) >= 11 is 7.60. The van der Waals surface area contributed by atoms with Gasteiger partial charge in [0.1, 0.15) is 0 Å². The smallest absolute Gasteiger partial charge is 0.222 e. The Balaban J connectivity index is 1.16. The molecular formula is C30H37Br2N3O. The third-order valence-corrected chi connectivity index (χ3v) is 10.2. The molecule has 1 atom stereocenters. The van der Waals surface area contributed by atoms with Crippen molar-refractivity contribution in [2.45, 2.75) is 76.7 Å². The first-order chi connectivity index (χ1) is 17.5. The summed E-state index contributed by atoms with van der Waals surface area (Å²) in [6.07, 6.45) is 12.1. The summed E-state index contributed by atoms with van der Waals surface area (Å²) in [5.41, 5.74) is 6.81. The monoisotopic (exact) mass is 613 g/mol.